The lowest BCUT2D eigenvalue weighted by Crippen LogP contribution is -2.20. The highest BCUT2D eigenvalue weighted by molar-refractivity contribution is 5.55. The number of nitrogens with zero attached hydrogens (tertiary/aromatic N) is 2. The third kappa shape index (κ3) is 4.04. The maximum atomic E-state index is 12.4. The molecule has 3 nitrogen and oxygen atoms in total. The molecule has 1 atom stereocenters. The zero-order valence-electron chi connectivity index (χ0n) is 12.1. The lowest BCUT2D eigenvalue weighted by atomic mass is 10.1. The first-order chi connectivity index (χ1) is 10.4. The number of unbranched alkanes of at least 4 members (excludes halogenated alkanes) is 1. The first kappa shape index (κ1) is 16.4. The van der Waals surface area contributed by atoms with Crippen molar-refractivity contribution in [2.24, 2.45) is 0 Å². The van der Waals surface area contributed by atoms with Gasteiger partial charge in [0.25, 0.3) is 0 Å². The Bertz CT molecular complexity index is 594. The van der Waals surface area contributed by atoms with Crippen LogP contribution in [0, 0.1) is 0 Å². The number of aryl methyl sites for hydroxylation is 1. The summed E-state index contributed by atoms with van der Waals surface area (Å²) in [7, 11) is 0. The van der Waals surface area contributed by atoms with Gasteiger partial charge >= 0.3 is 6.18 Å². The van der Waals surface area contributed by atoms with Gasteiger partial charge in [0.15, 0.2) is 11.9 Å². The maximum absolute atomic E-state index is 12.4. The number of halogens is 3. The summed E-state index contributed by atoms with van der Waals surface area (Å²) >= 11 is 0. The molecule has 2 aromatic rings. The van der Waals surface area contributed by atoms with Crippen LogP contribution in [0.25, 0.3) is 11.4 Å². The van der Waals surface area contributed by atoms with E-state index < -0.39 is 12.3 Å². The molecule has 0 fully saturated rings. The Balaban J connectivity index is 2.13. The lowest BCUT2D eigenvalue weighted by Gasteiger charge is -2.14. The first-order valence-corrected chi connectivity index (χ1v) is 7.08. The first-order valence-electron chi connectivity index (χ1n) is 7.08. The molecule has 0 spiro atoms. The fourth-order valence-corrected chi connectivity index (χ4v) is 2.02. The van der Waals surface area contributed by atoms with Crippen molar-refractivity contribution in [3.05, 3.63) is 47.8 Å². The molecule has 1 unspecified atom stereocenters. The van der Waals surface area contributed by atoms with Crippen LogP contribution in [-0.2, 0) is 6.42 Å². The summed E-state index contributed by atoms with van der Waals surface area (Å²) in [6.07, 6.45) is -2.04. The van der Waals surface area contributed by atoms with Crippen LogP contribution in [0.5, 0.6) is 0 Å². The number of hydrogen-bond donors (Lipinski definition) is 1. The minimum atomic E-state index is -4.72. The second-order valence-electron chi connectivity index (χ2n) is 5.08. The van der Waals surface area contributed by atoms with Crippen molar-refractivity contribution in [3.8, 4) is 11.4 Å². The Morgan fingerprint density at radius 2 is 1.68 bits per heavy atom. The minimum absolute atomic E-state index is 0.333. The Morgan fingerprint density at radius 1 is 1.09 bits per heavy atom. The van der Waals surface area contributed by atoms with Crippen LogP contribution in [0.15, 0.2) is 36.7 Å². The summed E-state index contributed by atoms with van der Waals surface area (Å²) in [6.45, 7) is 2.12. The molecule has 0 aliphatic rings. The van der Waals surface area contributed by atoms with Gasteiger partial charge < -0.3 is 5.11 Å². The summed E-state index contributed by atoms with van der Waals surface area (Å²) in [6, 6.07) is 7.63. The van der Waals surface area contributed by atoms with Crippen LogP contribution < -0.4 is 0 Å². The van der Waals surface area contributed by atoms with E-state index in [0.29, 0.717) is 5.82 Å². The molecule has 0 aliphatic carbocycles. The third-order valence-electron chi connectivity index (χ3n) is 3.33. The monoisotopic (exact) mass is 310 g/mol. The molecule has 0 amide bonds. The molecule has 1 aromatic heterocycles. The van der Waals surface area contributed by atoms with E-state index in [1.807, 2.05) is 24.3 Å². The van der Waals surface area contributed by atoms with Crippen LogP contribution in [0.3, 0.4) is 0 Å². The van der Waals surface area contributed by atoms with Crippen molar-refractivity contribution in [1.82, 2.24) is 9.97 Å². The zero-order chi connectivity index (χ0) is 16.2. The Labute approximate surface area is 126 Å². The van der Waals surface area contributed by atoms with Gasteiger partial charge in [0.05, 0.1) is 0 Å². The van der Waals surface area contributed by atoms with E-state index in [0.717, 1.165) is 37.2 Å². The van der Waals surface area contributed by atoms with E-state index in [1.54, 1.807) is 0 Å². The van der Waals surface area contributed by atoms with Crippen LogP contribution in [0.4, 0.5) is 13.2 Å². The number of aliphatic hydroxyl groups is 1. The van der Waals surface area contributed by atoms with E-state index in [2.05, 4.69) is 16.9 Å². The molecule has 1 aromatic carbocycles. The molecule has 0 saturated heterocycles. The number of aliphatic hydroxyl groups excluding tert-OH is 1. The van der Waals surface area contributed by atoms with Gasteiger partial charge in [-0.15, -0.1) is 0 Å². The number of aromatic nitrogens is 2. The standard InChI is InChI=1S/C16H17F3N2O/c1-2-3-4-11-5-7-12(8-6-11)15-20-9-13(10-21-15)14(22)16(17,18)19/h5-10,14,22H,2-4H2,1H3. The minimum Gasteiger partial charge on any atom is -0.379 e. The summed E-state index contributed by atoms with van der Waals surface area (Å²) < 4.78 is 37.2. The molecule has 1 heterocycles. The molecule has 0 radical (unpaired) electrons. The van der Waals surface area contributed by atoms with Gasteiger partial charge in [-0.25, -0.2) is 9.97 Å². The smallest absolute Gasteiger partial charge is 0.379 e. The van der Waals surface area contributed by atoms with Crippen molar-refractivity contribution >= 4 is 0 Å². The molecule has 0 bridgehead atoms. The summed E-state index contributed by atoms with van der Waals surface area (Å²) in [5, 5.41) is 9.13. The maximum Gasteiger partial charge on any atom is 0.418 e. The topological polar surface area (TPSA) is 46.0 Å². The number of benzene rings is 1. The van der Waals surface area contributed by atoms with E-state index >= 15 is 0 Å². The van der Waals surface area contributed by atoms with Crippen molar-refractivity contribution in [2.75, 3.05) is 0 Å². The predicted molar refractivity (Wildman–Crippen MR) is 77.1 cm³/mol. The predicted octanol–water partition coefficient (Wildman–Crippen LogP) is 4.08. The quantitative estimate of drug-likeness (QED) is 0.905. The molecule has 2 rings (SSSR count). The molecule has 118 valence electrons. The lowest BCUT2D eigenvalue weighted by molar-refractivity contribution is -0.206. The summed E-state index contributed by atoms with van der Waals surface area (Å²) in [5.74, 6) is 0.333. The van der Waals surface area contributed by atoms with Crippen molar-refractivity contribution in [1.29, 1.82) is 0 Å². The normalized spacial score (nSPS) is 13.1. The zero-order valence-corrected chi connectivity index (χ0v) is 12.1. The highest BCUT2D eigenvalue weighted by Gasteiger charge is 2.39. The van der Waals surface area contributed by atoms with E-state index in [9.17, 15) is 13.2 Å². The molecular weight excluding hydrogens is 293 g/mol. The van der Waals surface area contributed by atoms with Crippen LogP contribution in [-0.4, -0.2) is 21.3 Å². The van der Waals surface area contributed by atoms with Crippen molar-refractivity contribution < 1.29 is 18.3 Å². The Morgan fingerprint density at radius 3 is 2.18 bits per heavy atom. The van der Waals surface area contributed by atoms with Crippen LogP contribution in [0.2, 0.25) is 0 Å². The molecule has 22 heavy (non-hydrogen) atoms. The van der Waals surface area contributed by atoms with Gasteiger partial charge in [0, 0.05) is 23.5 Å². The van der Waals surface area contributed by atoms with Crippen LogP contribution >= 0.6 is 0 Å². The third-order valence-corrected chi connectivity index (χ3v) is 3.33. The fraction of sp³-hybridized carbons (Fsp3) is 0.375. The highest BCUT2D eigenvalue weighted by atomic mass is 19.4. The van der Waals surface area contributed by atoms with Gasteiger partial charge in [-0.2, -0.15) is 13.2 Å². The second kappa shape index (κ2) is 6.87. The Kier molecular flexibility index (Phi) is 5.13. The number of hydrogen-bond acceptors (Lipinski definition) is 3. The van der Waals surface area contributed by atoms with Crippen molar-refractivity contribution in [3.63, 3.8) is 0 Å². The Hall–Kier alpha value is -1.95. The molecular formula is C16H17F3N2O. The second-order valence-corrected chi connectivity index (χ2v) is 5.08. The number of alkyl halides is 3. The van der Waals surface area contributed by atoms with Crippen molar-refractivity contribution in [2.45, 2.75) is 38.5 Å². The van der Waals surface area contributed by atoms with E-state index in [-0.39, 0.29) is 5.56 Å². The average molecular weight is 310 g/mol. The fourth-order valence-electron chi connectivity index (χ4n) is 2.02. The van der Waals surface area contributed by atoms with Gasteiger partial charge in [-0.1, -0.05) is 37.6 Å². The highest BCUT2D eigenvalue weighted by Crippen LogP contribution is 2.32. The van der Waals surface area contributed by atoms with Crippen LogP contribution in [0.1, 0.15) is 37.0 Å². The molecule has 6 heteroatoms. The van der Waals surface area contributed by atoms with Gasteiger partial charge in [0.2, 0.25) is 0 Å². The summed E-state index contributed by atoms with van der Waals surface area (Å²) in [5.41, 5.74) is 1.57. The van der Waals surface area contributed by atoms with E-state index in [1.165, 1.54) is 5.56 Å². The SMILES string of the molecule is CCCCc1ccc(-c2ncc(C(O)C(F)(F)F)cn2)cc1. The van der Waals surface area contributed by atoms with Gasteiger partial charge in [0.1, 0.15) is 0 Å². The summed E-state index contributed by atoms with van der Waals surface area (Å²) in [4.78, 5) is 7.81. The van der Waals surface area contributed by atoms with E-state index in [4.69, 9.17) is 5.11 Å². The average Bonchev–Trinajstić information content (AvgIpc) is 2.52. The number of rotatable bonds is 5. The molecule has 0 aliphatic heterocycles. The molecule has 0 saturated carbocycles. The molecule has 1 N–H and O–H groups in total. The largest absolute Gasteiger partial charge is 0.418 e. The van der Waals surface area contributed by atoms with Gasteiger partial charge in [-0.05, 0) is 18.4 Å². The van der Waals surface area contributed by atoms with Gasteiger partial charge in [-0.3, -0.25) is 0 Å².